The molecule has 0 aliphatic rings. The second kappa shape index (κ2) is 14.3. The van der Waals surface area contributed by atoms with Gasteiger partial charge in [0.05, 0.1) is 18.5 Å². The van der Waals surface area contributed by atoms with Crippen LogP contribution in [0.5, 0.6) is 5.75 Å². The van der Waals surface area contributed by atoms with Gasteiger partial charge in [0.2, 0.25) is 5.91 Å². The summed E-state index contributed by atoms with van der Waals surface area (Å²) >= 11 is 0. The number of phenols is 1. The SMILES string of the molecule is C=O.CC(C)(C)C.CN[C@@H](Cc1ccc(O)cc1)C(=O)NC(CC(=O)O)C(C)=O. The van der Waals surface area contributed by atoms with E-state index in [0.717, 1.165) is 5.56 Å². The van der Waals surface area contributed by atoms with Crippen molar-refractivity contribution in [2.24, 2.45) is 5.41 Å². The Hall–Kier alpha value is -2.74. The largest absolute Gasteiger partial charge is 0.508 e. The van der Waals surface area contributed by atoms with Crippen LogP contribution in [0.25, 0.3) is 0 Å². The van der Waals surface area contributed by atoms with Crippen LogP contribution in [0.1, 0.15) is 46.6 Å². The van der Waals surface area contributed by atoms with E-state index in [1.807, 2.05) is 6.79 Å². The summed E-state index contributed by atoms with van der Waals surface area (Å²) in [6.07, 6.45) is -0.100. The van der Waals surface area contributed by atoms with Crippen LogP contribution in [0, 0.1) is 5.41 Å². The molecule has 1 aromatic rings. The van der Waals surface area contributed by atoms with E-state index < -0.39 is 36.2 Å². The highest BCUT2D eigenvalue weighted by molar-refractivity contribution is 5.92. The summed E-state index contributed by atoms with van der Waals surface area (Å²) < 4.78 is 0. The second-order valence-corrected chi connectivity index (χ2v) is 7.98. The minimum absolute atomic E-state index is 0.132. The molecule has 0 bridgehead atoms. The van der Waals surface area contributed by atoms with Crippen LogP contribution in [-0.2, 0) is 25.6 Å². The topological polar surface area (TPSA) is 133 Å². The van der Waals surface area contributed by atoms with Crippen LogP contribution in [-0.4, -0.2) is 53.8 Å². The molecule has 0 fully saturated rings. The van der Waals surface area contributed by atoms with Gasteiger partial charge in [-0.05, 0) is 43.5 Å². The zero-order valence-corrected chi connectivity index (χ0v) is 18.1. The number of carbonyl (C=O) groups is 4. The zero-order chi connectivity index (χ0) is 23.2. The molecule has 1 aromatic carbocycles. The molecule has 0 aliphatic carbocycles. The number of rotatable bonds is 8. The van der Waals surface area contributed by atoms with Crippen molar-refractivity contribution in [2.45, 2.75) is 59.5 Å². The predicted molar refractivity (Wildman–Crippen MR) is 112 cm³/mol. The summed E-state index contributed by atoms with van der Waals surface area (Å²) in [4.78, 5) is 42.3. The summed E-state index contributed by atoms with van der Waals surface area (Å²) in [6, 6.07) is 4.76. The number of hydrogen-bond acceptors (Lipinski definition) is 6. The summed E-state index contributed by atoms with van der Waals surface area (Å²) in [6.45, 7) is 12.0. The maximum absolute atomic E-state index is 12.2. The number of hydrogen-bond donors (Lipinski definition) is 4. The third-order valence-electron chi connectivity index (χ3n) is 3.23. The van der Waals surface area contributed by atoms with Gasteiger partial charge in [0.25, 0.3) is 0 Å². The average molecular weight is 411 g/mol. The summed E-state index contributed by atoms with van der Waals surface area (Å²) in [5.74, 6) is -1.88. The molecule has 0 saturated carbocycles. The molecule has 8 nitrogen and oxygen atoms in total. The van der Waals surface area contributed by atoms with Crippen LogP contribution in [0.15, 0.2) is 24.3 Å². The summed E-state index contributed by atoms with van der Waals surface area (Å²) in [7, 11) is 1.60. The third kappa shape index (κ3) is 16.0. The number of carboxylic acids is 1. The van der Waals surface area contributed by atoms with Gasteiger partial charge in [-0.3, -0.25) is 14.4 Å². The minimum atomic E-state index is -1.15. The van der Waals surface area contributed by atoms with Crippen molar-refractivity contribution < 1.29 is 29.4 Å². The van der Waals surface area contributed by atoms with Crippen molar-refractivity contribution in [1.82, 2.24) is 10.6 Å². The van der Waals surface area contributed by atoms with Crippen LogP contribution < -0.4 is 10.6 Å². The van der Waals surface area contributed by atoms with Gasteiger partial charge in [-0.2, -0.15) is 0 Å². The molecular formula is C21H34N2O6. The maximum Gasteiger partial charge on any atom is 0.305 e. The number of ketones is 1. The number of amides is 1. The molecule has 1 rings (SSSR count). The van der Waals surface area contributed by atoms with E-state index in [9.17, 15) is 19.5 Å². The van der Waals surface area contributed by atoms with Gasteiger partial charge >= 0.3 is 5.97 Å². The van der Waals surface area contributed by atoms with Gasteiger partial charge in [-0.1, -0.05) is 39.8 Å². The molecule has 164 valence electrons. The van der Waals surface area contributed by atoms with Crippen molar-refractivity contribution in [1.29, 1.82) is 0 Å². The van der Waals surface area contributed by atoms with Crippen LogP contribution in [0.3, 0.4) is 0 Å². The monoisotopic (exact) mass is 410 g/mol. The summed E-state index contributed by atoms with van der Waals surface area (Å²) in [5, 5.41) is 23.3. The number of phenolic OH excluding ortho intramolecular Hbond substituents is 1. The number of benzene rings is 1. The van der Waals surface area contributed by atoms with Gasteiger partial charge < -0.3 is 25.6 Å². The standard InChI is InChI=1S/C15H20N2O5.C5H12.CH2O/c1-9(18)12(8-14(20)21)17-15(22)13(16-2)7-10-3-5-11(19)6-4-10;1-5(2,3)4;1-2/h3-6,12-13,16,19H,7-8H2,1-2H3,(H,17,22)(H,20,21);1-4H3;1H2/t12?,13-;;/m0../s1. The Morgan fingerprint density at radius 1 is 1.03 bits per heavy atom. The van der Waals surface area contributed by atoms with Gasteiger partial charge in [0.15, 0.2) is 5.78 Å². The van der Waals surface area contributed by atoms with E-state index in [2.05, 4.69) is 38.3 Å². The molecule has 0 spiro atoms. The van der Waals surface area contributed by atoms with E-state index in [4.69, 9.17) is 9.90 Å². The molecular weight excluding hydrogens is 376 g/mol. The Bertz CT molecular complexity index is 632. The van der Waals surface area contributed by atoms with Crippen LogP contribution >= 0.6 is 0 Å². The first kappa shape index (κ1) is 28.5. The Morgan fingerprint density at radius 2 is 1.48 bits per heavy atom. The van der Waals surface area contributed by atoms with Gasteiger partial charge in [0, 0.05) is 0 Å². The predicted octanol–water partition coefficient (Wildman–Crippen LogP) is 1.94. The highest BCUT2D eigenvalue weighted by atomic mass is 16.4. The molecule has 0 aromatic heterocycles. The molecule has 0 aliphatic heterocycles. The van der Waals surface area contributed by atoms with Crippen molar-refractivity contribution in [3.63, 3.8) is 0 Å². The number of Topliss-reactive ketones (excluding diaryl/α,β-unsaturated/α-hetero) is 1. The number of nitrogens with one attached hydrogen (secondary N) is 2. The third-order valence-corrected chi connectivity index (χ3v) is 3.23. The lowest BCUT2D eigenvalue weighted by Gasteiger charge is -2.20. The number of carboxylic acid groups (broad SMARTS) is 1. The Balaban J connectivity index is 0. The van der Waals surface area contributed by atoms with Crippen LogP contribution in [0.4, 0.5) is 0 Å². The lowest BCUT2D eigenvalue weighted by molar-refractivity contribution is -0.140. The molecule has 4 N–H and O–H groups in total. The molecule has 0 radical (unpaired) electrons. The Morgan fingerprint density at radius 3 is 1.83 bits per heavy atom. The van der Waals surface area contributed by atoms with Crippen molar-refractivity contribution in [3.8, 4) is 5.75 Å². The van der Waals surface area contributed by atoms with E-state index in [0.29, 0.717) is 11.8 Å². The fraction of sp³-hybridized carbons (Fsp3) is 0.524. The molecule has 0 heterocycles. The van der Waals surface area contributed by atoms with Crippen molar-refractivity contribution >= 4 is 24.4 Å². The average Bonchev–Trinajstić information content (AvgIpc) is 2.60. The highest BCUT2D eigenvalue weighted by Crippen LogP contribution is 2.11. The molecule has 1 amide bonds. The van der Waals surface area contributed by atoms with E-state index in [-0.39, 0.29) is 5.75 Å². The number of aromatic hydroxyl groups is 1. The van der Waals surface area contributed by atoms with Crippen molar-refractivity contribution in [3.05, 3.63) is 29.8 Å². The Labute approximate surface area is 172 Å². The molecule has 1 unspecified atom stereocenters. The lowest BCUT2D eigenvalue weighted by atomic mass is 10.0. The van der Waals surface area contributed by atoms with E-state index in [1.54, 1.807) is 19.2 Å². The van der Waals surface area contributed by atoms with Gasteiger partial charge in [0.1, 0.15) is 12.5 Å². The first-order valence-corrected chi connectivity index (χ1v) is 9.10. The highest BCUT2D eigenvalue weighted by Gasteiger charge is 2.24. The zero-order valence-electron chi connectivity index (χ0n) is 18.1. The molecule has 29 heavy (non-hydrogen) atoms. The first-order chi connectivity index (χ1) is 13.3. The normalized spacial score (nSPS) is 12.2. The Kier molecular flexibility index (Phi) is 14.0. The number of aliphatic carboxylic acids is 1. The lowest BCUT2D eigenvalue weighted by Crippen LogP contribution is -2.50. The van der Waals surface area contributed by atoms with Crippen molar-refractivity contribution in [2.75, 3.05) is 7.05 Å². The van der Waals surface area contributed by atoms with Crippen LogP contribution in [0.2, 0.25) is 0 Å². The fourth-order valence-electron chi connectivity index (χ4n) is 1.94. The smallest absolute Gasteiger partial charge is 0.305 e. The minimum Gasteiger partial charge on any atom is -0.508 e. The quantitative estimate of drug-likeness (QED) is 0.515. The molecule has 2 atom stereocenters. The molecule has 8 heteroatoms. The van der Waals surface area contributed by atoms with E-state index in [1.165, 1.54) is 19.1 Å². The number of likely N-dealkylation sites (N-methyl/N-ethyl adjacent to an activating group) is 1. The fourth-order valence-corrected chi connectivity index (χ4v) is 1.94. The number of carbonyl (C=O) groups excluding carboxylic acids is 3. The van der Waals surface area contributed by atoms with Gasteiger partial charge in [-0.25, -0.2) is 0 Å². The maximum atomic E-state index is 12.2. The second-order valence-electron chi connectivity index (χ2n) is 7.98. The first-order valence-electron chi connectivity index (χ1n) is 9.10. The summed E-state index contributed by atoms with van der Waals surface area (Å²) in [5.41, 5.74) is 1.32. The van der Waals surface area contributed by atoms with E-state index >= 15 is 0 Å². The molecule has 0 saturated heterocycles. The van der Waals surface area contributed by atoms with Gasteiger partial charge in [-0.15, -0.1) is 0 Å².